The number of hydrogen-bond acceptors (Lipinski definition) is 4. The normalized spacial score (nSPS) is 11.0. The maximum atomic E-state index is 12.6. The summed E-state index contributed by atoms with van der Waals surface area (Å²) in [6.07, 6.45) is 3.23. The lowest BCUT2D eigenvalue weighted by Gasteiger charge is -2.14. The average molecular weight is 387 g/mol. The number of benzene rings is 3. The highest BCUT2D eigenvalue weighted by molar-refractivity contribution is 6.09. The molecular formula is C25H25NO3. The van der Waals surface area contributed by atoms with E-state index in [9.17, 15) is 9.90 Å². The number of ketones is 1. The number of aromatic hydroxyl groups is 1. The summed E-state index contributed by atoms with van der Waals surface area (Å²) in [6.45, 7) is 3.04. The van der Waals surface area contributed by atoms with Crippen LogP contribution in [0.15, 0.2) is 72.8 Å². The zero-order chi connectivity index (χ0) is 20.6. The lowest BCUT2D eigenvalue weighted by atomic mass is 10.0. The van der Waals surface area contributed by atoms with Gasteiger partial charge in [-0.15, -0.1) is 0 Å². The first kappa shape index (κ1) is 20.4. The first-order valence-electron chi connectivity index (χ1n) is 9.51. The highest BCUT2D eigenvalue weighted by Gasteiger charge is 2.16. The number of carbonyl (C=O) groups excluding carboxylic acids is 1. The molecule has 0 aliphatic carbocycles. The van der Waals surface area contributed by atoms with Gasteiger partial charge in [0.1, 0.15) is 11.5 Å². The van der Waals surface area contributed by atoms with Gasteiger partial charge in [0.2, 0.25) is 0 Å². The molecule has 0 aliphatic rings. The molecule has 3 aromatic rings. The van der Waals surface area contributed by atoms with Gasteiger partial charge in [0, 0.05) is 13.1 Å². The number of ether oxygens (including phenoxy) is 1. The van der Waals surface area contributed by atoms with Gasteiger partial charge in [0.05, 0.1) is 18.2 Å². The Morgan fingerprint density at radius 3 is 2.41 bits per heavy atom. The molecule has 3 rings (SSSR count). The van der Waals surface area contributed by atoms with Crippen LogP contribution in [0.5, 0.6) is 11.5 Å². The molecule has 0 atom stereocenters. The number of phenols is 1. The van der Waals surface area contributed by atoms with Crippen LogP contribution < -0.4 is 10.1 Å². The lowest BCUT2D eigenvalue weighted by molar-refractivity contribution is 0.104. The fraction of sp³-hybridized carbons (Fsp3) is 0.160. The van der Waals surface area contributed by atoms with E-state index in [-0.39, 0.29) is 17.1 Å². The molecule has 0 saturated carbocycles. The number of allylic oxidation sites excluding steroid dienone is 1. The Kier molecular flexibility index (Phi) is 6.82. The van der Waals surface area contributed by atoms with Gasteiger partial charge in [0.25, 0.3) is 0 Å². The predicted molar refractivity (Wildman–Crippen MR) is 116 cm³/mol. The Hall–Kier alpha value is -3.37. The monoisotopic (exact) mass is 387 g/mol. The molecular weight excluding hydrogens is 362 g/mol. The van der Waals surface area contributed by atoms with Gasteiger partial charge < -0.3 is 15.2 Å². The molecule has 4 nitrogen and oxygen atoms in total. The quantitative estimate of drug-likeness (QED) is 0.427. The zero-order valence-electron chi connectivity index (χ0n) is 16.7. The minimum Gasteiger partial charge on any atom is -0.507 e. The van der Waals surface area contributed by atoms with Gasteiger partial charge >= 0.3 is 0 Å². The molecule has 0 aromatic heterocycles. The summed E-state index contributed by atoms with van der Waals surface area (Å²) >= 11 is 0. The molecule has 0 amide bonds. The minimum absolute atomic E-state index is 0.0523. The molecule has 0 fully saturated rings. The highest BCUT2D eigenvalue weighted by atomic mass is 16.5. The Morgan fingerprint density at radius 2 is 1.72 bits per heavy atom. The molecule has 2 N–H and O–H groups in total. The number of methoxy groups -OCH3 is 1. The summed E-state index contributed by atoms with van der Waals surface area (Å²) < 4.78 is 5.37. The van der Waals surface area contributed by atoms with E-state index in [2.05, 4.69) is 5.32 Å². The maximum Gasteiger partial charge on any atom is 0.189 e. The number of aryl methyl sites for hydroxylation is 1. The molecule has 0 unspecified atom stereocenters. The zero-order valence-corrected chi connectivity index (χ0v) is 16.7. The van der Waals surface area contributed by atoms with Crippen molar-refractivity contribution in [1.82, 2.24) is 5.32 Å². The van der Waals surface area contributed by atoms with Crippen molar-refractivity contribution >= 4 is 11.9 Å². The van der Waals surface area contributed by atoms with E-state index < -0.39 is 0 Å². The van der Waals surface area contributed by atoms with Gasteiger partial charge in [-0.05, 0) is 36.3 Å². The van der Waals surface area contributed by atoms with E-state index in [1.165, 1.54) is 6.08 Å². The van der Waals surface area contributed by atoms with E-state index in [0.717, 1.165) is 16.7 Å². The van der Waals surface area contributed by atoms with Gasteiger partial charge in [-0.3, -0.25) is 4.79 Å². The number of carbonyl (C=O) groups is 1. The third kappa shape index (κ3) is 5.33. The molecule has 0 radical (unpaired) electrons. The summed E-state index contributed by atoms with van der Waals surface area (Å²) in [7, 11) is 1.55. The fourth-order valence-electron chi connectivity index (χ4n) is 3.05. The number of rotatable bonds is 8. The summed E-state index contributed by atoms with van der Waals surface area (Å²) in [5, 5.41) is 14.0. The van der Waals surface area contributed by atoms with E-state index in [1.54, 1.807) is 25.3 Å². The third-order valence-corrected chi connectivity index (χ3v) is 4.70. The van der Waals surface area contributed by atoms with Crippen LogP contribution in [0, 0.1) is 6.92 Å². The molecule has 4 heteroatoms. The van der Waals surface area contributed by atoms with Crippen molar-refractivity contribution in [3.8, 4) is 11.5 Å². The van der Waals surface area contributed by atoms with Crippen LogP contribution in [0.4, 0.5) is 0 Å². The largest absolute Gasteiger partial charge is 0.507 e. The van der Waals surface area contributed by atoms with Gasteiger partial charge in [-0.1, -0.05) is 66.2 Å². The highest BCUT2D eigenvalue weighted by Crippen LogP contribution is 2.32. The van der Waals surface area contributed by atoms with E-state index in [0.29, 0.717) is 24.4 Å². The smallest absolute Gasteiger partial charge is 0.189 e. The van der Waals surface area contributed by atoms with Gasteiger partial charge in [0.15, 0.2) is 5.78 Å². The van der Waals surface area contributed by atoms with E-state index >= 15 is 0 Å². The first-order chi connectivity index (χ1) is 14.1. The van der Waals surface area contributed by atoms with Crippen molar-refractivity contribution in [1.29, 1.82) is 0 Å². The molecule has 0 bridgehead atoms. The first-order valence-corrected chi connectivity index (χ1v) is 9.51. The van der Waals surface area contributed by atoms with Crippen LogP contribution in [-0.2, 0) is 13.1 Å². The fourth-order valence-corrected chi connectivity index (χ4v) is 3.05. The van der Waals surface area contributed by atoms with Crippen LogP contribution in [0.2, 0.25) is 0 Å². The van der Waals surface area contributed by atoms with Crippen molar-refractivity contribution in [2.24, 2.45) is 0 Å². The molecule has 0 saturated heterocycles. The van der Waals surface area contributed by atoms with Crippen molar-refractivity contribution in [3.63, 3.8) is 0 Å². The Bertz CT molecular complexity index is 993. The van der Waals surface area contributed by atoms with Crippen molar-refractivity contribution in [2.75, 3.05) is 7.11 Å². The molecule has 29 heavy (non-hydrogen) atoms. The van der Waals surface area contributed by atoms with Crippen molar-refractivity contribution in [3.05, 3.63) is 101 Å². The van der Waals surface area contributed by atoms with Gasteiger partial charge in [-0.2, -0.15) is 0 Å². The second-order valence-corrected chi connectivity index (χ2v) is 6.84. The summed E-state index contributed by atoms with van der Waals surface area (Å²) in [5.74, 6) is 0.237. The molecule has 0 aliphatic heterocycles. The standard InChI is InChI=1S/C25H25NO3/c1-18-8-10-19(11-9-18)12-14-23(27)21-13-15-24(29-2)22(25(21)28)17-26-16-20-6-4-3-5-7-20/h3-15,26,28H,16-17H2,1-2H3/b14-12+. The van der Waals surface area contributed by atoms with Crippen molar-refractivity contribution < 1.29 is 14.6 Å². The SMILES string of the molecule is COc1ccc(C(=O)/C=C/c2ccc(C)cc2)c(O)c1CNCc1ccccc1. The lowest BCUT2D eigenvalue weighted by Crippen LogP contribution is -2.14. The van der Waals surface area contributed by atoms with Crippen LogP contribution >= 0.6 is 0 Å². The number of hydrogen-bond donors (Lipinski definition) is 2. The van der Waals surface area contributed by atoms with E-state index in [4.69, 9.17) is 4.74 Å². The Morgan fingerprint density at radius 1 is 1.00 bits per heavy atom. The van der Waals surface area contributed by atoms with E-state index in [1.807, 2.05) is 61.5 Å². The molecule has 0 spiro atoms. The van der Waals surface area contributed by atoms with Crippen LogP contribution in [0.1, 0.15) is 32.6 Å². The topological polar surface area (TPSA) is 58.6 Å². The summed E-state index contributed by atoms with van der Waals surface area (Å²) in [4.78, 5) is 12.6. The average Bonchev–Trinajstić information content (AvgIpc) is 2.75. The minimum atomic E-state index is -0.255. The van der Waals surface area contributed by atoms with Crippen LogP contribution in [0.25, 0.3) is 6.08 Å². The Labute approximate surface area is 171 Å². The molecule has 3 aromatic carbocycles. The molecule has 0 heterocycles. The second kappa shape index (κ2) is 9.71. The van der Waals surface area contributed by atoms with Crippen molar-refractivity contribution in [2.45, 2.75) is 20.0 Å². The van der Waals surface area contributed by atoms with Crippen LogP contribution in [-0.4, -0.2) is 18.0 Å². The molecule has 148 valence electrons. The maximum absolute atomic E-state index is 12.6. The number of nitrogens with one attached hydrogen (secondary N) is 1. The third-order valence-electron chi connectivity index (χ3n) is 4.70. The van der Waals surface area contributed by atoms with Crippen LogP contribution in [0.3, 0.4) is 0 Å². The van der Waals surface area contributed by atoms with Gasteiger partial charge in [-0.25, -0.2) is 0 Å². The summed E-state index contributed by atoms with van der Waals surface area (Å²) in [6, 6.07) is 21.2. The second-order valence-electron chi connectivity index (χ2n) is 6.84. The predicted octanol–water partition coefficient (Wildman–Crippen LogP) is 4.90. The Balaban J connectivity index is 1.76. The summed E-state index contributed by atoms with van der Waals surface area (Å²) in [5.41, 5.74) is 4.05. The number of phenolic OH excluding ortho intramolecular Hbond substituents is 1.